The Morgan fingerprint density at radius 2 is 0.700 bits per heavy atom. The van der Waals surface area contributed by atoms with E-state index in [0.29, 0.717) is 0 Å². The van der Waals surface area contributed by atoms with Crippen molar-refractivity contribution < 1.29 is 26.6 Å². The van der Waals surface area contributed by atoms with Crippen molar-refractivity contribution in [3.05, 3.63) is 0 Å². The average molecular weight is 329 g/mol. The Balaban J connectivity index is -0.000000218. The zero-order valence-electron chi connectivity index (χ0n) is 14.3. The Morgan fingerprint density at radius 1 is 0.500 bits per heavy atom. The van der Waals surface area contributed by atoms with Gasteiger partial charge in [-0.1, -0.05) is 39.5 Å². The van der Waals surface area contributed by atoms with Crippen LogP contribution in [0.2, 0.25) is 0 Å². The van der Waals surface area contributed by atoms with Crippen molar-refractivity contribution in [2.75, 3.05) is 42.7 Å². The van der Waals surface area contributed by atoms with E-state index in [-0.39, 0.29) is 0 Å². The van der Waals surface area contributed by atoms with Gasteiger partial charge in [-0.15, -0.1) is 0 Å². The van der Waals surface area contributed by atoms with Gasteiger partial charge in [-0.25, -0.2) is 0 Å². The molecule has 0 saturated heterocycles. The van der Waals surface area contributed by atoms with Gasteiger partial charge in [0.1, 0.15) is 0 Å². The highest BCUT2D eigenvalue weighted by atomic mass is 28.3. The minimum atomic E-state index is -1.36. The van der Waals surface area contributed by atoms with E-state index in [0.717, 1.165) is 0 Å². The van der Waals surface area contributed by atoms with Gasteiger partial charge in [-0.3, -0.25) is 0 Å². The zero-order chi connectivity index (χ0) is 16.2. The van der Waals surface area contributed by atoms with Crippen molar-refractivity contribution in [1.82, 2.24) is 0 Å². The van der Waals surface area contributed by atoms with E-state index in [1.807, 2.05) is 0 Å². The van der Waals surface area contributed by atoms with Crippen LogP contribution in [0.1, 0.15) is 39.5 Å². The number of hydrogen-bond donors (Lipinski definition) is 0. The first-order chi connectivity index (χ1) is 9.61. The van der Waals surface area contributed by atoms with Gasteiger partial charge in [0.05, 0.1) is 0 Å². The lowest BCUT2D eigenvalue weighted by Gasteiger charge is -2.02. The molecule has 0 aromatic heterocycles. The fourth-order valence-electron chi connectivity index (χ4n) is 1.00. The third-order valence-electron chi connectivity index (χ3n) is 1.96. The minimum Gasteiger partial charge on any atom is -0.375 e. The average Bonchev–Trinajstić information content (AvgIpc) is 2.50. The van der Waals surface area contributed by atoms with Gasteiger partial charge in [0, 0.05) is 42.7 Å². The molecule has 8 heteroatoms. The predicted molar refractivity (Wildman–Crippen MR) is 83.4 cm³/mol. The van der Waals surface area contributed by atoms with E-state index >= 15 is 0 Å². The molecule has 0 spiro atoms. The molecule has 2 radical (unpaired) electrons. The molecular weight excluding hydrogens is 296 g/mol. The van der Waals surface area contributed by atoms with E-state index in [1.54, 1.807) is 42.7 Å². The van der Waals surface area contributed by atoms with Crippen molar-refractivity contribution in [3.8, 4) is 0 Å². The van der Waals surface area contributed by atoms with Crippen LogP contribution in [0.15, 0.2) is 0 Å². The van der Waals surface area contributed by atoms with Gasteiger partial charge in [0.2, 0.25) is 0 Å². The summed E-state index contributed by atoms with van der Waals surface area (Å²) in [5.74, 6) is 0. The third kappa shape index (κ3) is 23.3. The largest absolute Gasteiger partial charge is 0.576 e. The molecular formula is C12H32O6Si2. The van der Waals surface area contributed by atoms with Crippen LogP contribution in [-0.4, -0.2) is 61.7 Å². The van der Waals surface area contributed by atoms with Crippen LogP contribution in [0.4, 0.5) is 0 Å². The van der Waals surface area contributed by atoms with E-state index in [4.69, 9.17) is 26.6 Å². The van der Waals surface area contributed by atoms with Crippen LogP contribution in [-0.2, 0) is 26.6 Å². The van der Waals surface area contributed by atoms with Crippen molar-refractivity contribution in [1.29, 1.82) is 0 Å². The van der Waals surface area contributed by atoms with Gasteiger partial charge in [0.15, 0.2) is 0 Å². The molecule has 0 rings (SSSR count). The summed E-state index contributed by atoms with van der Waals surface area (Å²) in [4.78, 5) is 0. The third-order valence-corrected chi connectivity index (χ3v) is 3.96. The van der Waals surface area contributed by atoms with Crippen LogP contribution in [0.25, 0.3) is 0 Å². The summed E-state index contributed by atoms with van der Waals surface area (Å²) in [6, 6.07) is 0. The van der Waals surface area contributed by atoms with Gasteiger partial charge in [-0.2, -0.15) is 0 Å². The molecule has 0 heterocycles. The van der Waals surface area contributed by atoms with Crippen molar-refractivity contribution in [3.63, 3.8) is 0 Å². The summed E-state index contributed by atoms with van der Waals surface area (Å²) >= 11 is 0. The van der Waals surface area contributed by atoms with Crippen LogP contribution in [0.3, 0.4) is 0 Å². The topological polar surface area (TPSA) is 55.4 Å². The molecule has 124 valence electrons. The SMILES string of the molecule is CCCCCC.CO[Si](OC)OC.CO[Si](OC)OC. The van der Waals surface area contributed by atoms with Crippen LogP contribution in [0.5, 0.6) is 0 Å². The first kappa shape index (κ1) is 25.2. The van der Waals surface area contributed by atoms with Gasteiger partial charge >= 0.3 is 19.1 Å². The van der Waals surface area contributed by atoms with Crippen molar-refractivity contribution in [2.24, 2.45) is 0 Å². The fraction of sp³-hybridized carbons (Fsp3) is 1.00. The van der Waals surface area contributed by atoms with Crippen LogP contribution < -0.4 is 0 Å². The number of rotatable bonds is 9. The molecule has 0 aliphatic rings. The van der Waals surface area contributed by atoms with Gasteiger partial charge in [-0.05, 0) is 0 Å². The molecule has 0 aromatic rings. The zero-order valence-corrected chi connectivity index (χ0v) is 16.3. The normalized spacial score (nSPS) is 9.90. The molecule has 20 heavy (non-hydrogen) atoms. The quantitative estimate of drug-likeness (QED) is 0.478. The van der Waals surface area contributed by atoms with E-state index in [1.165, 1.54) is 25.7 Å². The van der Waals surface area contributed by atoms with E-state index in [2.05, 4.69) is 13.8 Å². The molecule has 6 nitrogen and oxygen atoms in total. The molecule has 0 atom stereocenters. The summed E-state index contributed by atoms with van der Waals surface area (Å²) < 4.78 is 28.2. The lowest BCUT2D eigenvalue weighted by molar-refractivity contribution is 0.163. The number of hydrogen-bond acceptors (Lipinski definition) is 6. The summed E-state index contributed by atoms with van der Waals surface area (Å²) in [6.07, 6.45) is 5.54. The Hall–Kier alpha value is 0.194. The highest BCUT2D eigenvalue weighted by molar-refractivity contribution is 6.36. The fourth-order valence-corrected chi connectivity index (χ4v) is 2.00. The maximum absolute atomic E-state index is 4.71. The Labute approximate surface area is 128 Å². The summed E-state index contributed by atoms with van der Waals surface area (Å²) in [6.45, 7) is 4.46. The van der Waals surface area contributed by atoms with Crippen molar-refractivity contribution in [2.45, 2.75) is 39.5 Å². The molecule has 0 aromatic carbocycles. The first-order valence-electron chi connectivity index (χ1n) is 6.59. The first-order valence-corrected chi connectivity index (χ1v) is 9.04. The maximum atomic E-state index is 4.71. The van der Waals surface area contributed by atoms with E-state index in [9.17, 15) is 0 Å². The molecule has 0 aliphatic carbocycles. The standard InChI is InChI=1S/C6H14.2C3H9O3Si/c1-3-5-6-4-2;2*1-4-7(5-2)6-3/h3-6H2,1-2H3;2*1-3H3. The van der Waals surface area contributed by atoms with Gasteiger partial charge in [0.25, 0.3) is 0 Å². The monoisotopic (exact) mass is 328 g/mol. The second kappa shape index (κ2) is 24.2. The maximum Gasteiger partial charge on any atom is 0.576 e. The molecule has 0 N–H and O–H groups in total. The predicted octanol–water partition coefficient (Wildman–Crippen LogP) is 2.41. The smallest absolute Gasteiger partial charge is 0.375 e. The molecule has 0 aliphatic heterocycles. The molecule has 0 unspecified atom stereocenters. The minimum absolute atomic E-state index is 1.36. The second-order valence-electron chi connectivity index (χ2n) is 3.43. The summed E-state index contributed by atoms with van der Waals surface area (Å²) in [5.41, 5.74) is 0. The Kier molecular flexibility index (Phi) is 30.5. The Morgan fingerprint density at radius 3 is 0.750 bits per heavy atom. The lowest BCUT2D eigenvalue weighted by Crippen LogP contribution is -2.21. The lowest BCUT2D eigenvalue weighted by atomic mass is 10.2. The molecule has 0 fully saturated rings. The van der Waals surface area contributed by atoms with E-state index < -0.39 is 19.1 Å². The van der Waals surface area contributed by atoms with Crippen LogP contribution in [0, 0.1) is 0 Å². The summed E-state index contributed by atoms with van der Waals surface area (Å²) in [7, 11) is 6.62. The number of unbranched alkanes of at least 4 members (excludes halogenated alkanes) is 3. The van der Waals surface area contributed by atoms with Crippen molar-refractivity contribution >= 4 is 19.1 Å². The van der Waals surface area contributed by atoms with Gasteiger partial charge < -0.3 is 26.6 Å². The highest BCUT2D eigenvalue weighted by Crippen LogP contribution is 1.95. The molecule has 0 bridgehead atoms. The second-order valence-corrected chi connectivity index (χ2v) is 6.88. The van der Waals surface area contributed by atoms with Crippen LogP contribution >= 0.6 is 0 Å². The molecule has 0 saturated carbocycles. The highest BCUT2D eigenvalue weighted by Gasteiger charge is 2.10. The Bertz CT molecular complexity index is 119. The summed E-state index contributed by atoms with van der Waals surface area (Å²) in [5, 5.41) is 0. The molecule has 0 amide bonds.